The molecular weight excluding hydrogens is 110 g/mol. The number of hydrazine groups is 1. The minimum absolute atomic E-state index is 0.465. The predicted octanol–water partition coefficient (Wildman–Crippen LogP) is 0.166. The summed E-state index contributed by atoms with van der Waals surface area (Å²) in [5.74, 6) is 0.465. The third kappa shape index (κ3) is 1.01. The maximum absolute atomic E-state index is 6.95. The summed E-state index contributed by atoms with van der Waals surface area (Å²) in [4.78, 5) is 0. The molecule has 39 valence electrons. The van der Waals surface area contributed by atoms with Crippen molar-refractivity contribution in [2.75, 3.05) is 7.05 Å². The van der Waals surface area contributed by atoms with Gasteiger partial charge in [0.2, 0.25) is 0 Å². The van der Waals surface area contributed by atoms with Crippen molar-refractivity contribution in [3.8, 4) is 0 Å². The minimum atomic E-state index is 0.465. The van der Waals surface area contributed by atoms with Gasteiger partial charge in [-0.05, 0) is 11.9 Å². The second-order valence-corrected chi connectivity index (χ2v) is 2.24. The molecule has 0 spiro atoms. The maximum atomic E-state index is 6.95. The van der Waals surface area contributed by atoms with Crippen molar-refractivity contribution >= 4 is 11.9 Å². The molecule has 1 heterocycles. The number of hydrogen-bond donors (Lipinski definition) is 1. The number of nitrogens with one attached hydrogen (secondary N) is 2. The summed E-state index contributed by atoms with van der Waals surface area (Å²) in [5.41, 5.74) is 9.69. The Morgan fingerprint density at radius 1 is 2.00 bits per heavy atom. The summed E-state index contributed by atoms with van der Waals surface area (Å²) in [6, 6.07) is 0. The lowest BCUT2D eigenvalue weighted by atomic mass is 10.9. The van der Waals surface area contributed by atoms with Gasteiger partial charge in [0, 0.05) is 12.5 Å². The smallest absolute Gasteiger partial charge is 0.141 e. The fourth-order valence-electron chi connectivity index (χ4n) is 0.354. The lowest BCUT2D eigenvalue weighted by molar-refractivity contribution is 0.478. The highest BCUT2D eigenvalue weighted by Gasteiger charge is 2.03. The van der Waals surface area contributed by atoms with Crippen LogP contribution in [0.5, 0.6) is 0 Å². The Balaban J connectivity index is 2.42. The largest absolute Gasteiger partial charge is 0.293 e. The van der Waals surface area contributed by atoms with Gasteiger partial charge in [-0.1, -0.05) is 0 Å². The summed E-state index contributed by atoms with van der Waals surface area (Å²) >= 11 is 1.48. The zero-order chi connectivity index (χ0) is 5.28. The molecule has 7 heavy (non-hydrogen) atoms. The fraction of sp³-hybridized carbons (Fsp3) is 0.333. The molecule has 0 fully saturated rings. The van der Waals surface area contributed by atoms with E-state index >= 15 is 0 Å². The van der Waals surface area contributed by atoms with Crippen molar-refractivity contribution in [2.45, 2.75) is 0 Å². The van der Waals surface area contributed by atoms with Crippen molar-refractivity contribution in [3.05, 3.63) is 11.2 Å². The van der Waals surface area contributed by atoms with Gasteiger partial charge < -0.3 is 0 Å². The van der Waals surface area contributed by atoms with Gasteiger partial charge in [0.1, 0.15) is 5.82 Å². The average Bonchev–Trinajstić information content (AvgIpc) is 1.87. The Labute approximate surface area is 46.7 Å². The number of rotatable bonds is 0. The van der Waals surface area contributed by atoms with E-state index in [-0.39, 0.29) is 0 Å². The van der Waals surface area contributed by atoms with Gasteiger partial charge in [0.15, 0.2) is 0 Å². The van der Waals surface area contributed by atoms with Gasteiger partial charge in [-0.25, -0.2) is 0 Å². The third-order valence-electron chi connectivity index (χ3n) is 0.607. The van der Waals surface area contributed by atoms with Crippen molar-refractivity contribution < 1.29 is 0 Å². The first-order chi connectivity index (χ1) is 3.29. The van der Waals surface area contributed by atoms with E-state index in [0.29, 0.717) is 5.82 Å². The van der Waals surface area contributed by atoms with Crippen LogP contribution >= 0.6 is 11.9 Å². The molecule has 0 atom stereocenters. The summed E-state index contributed by atoms with van der Waals surface area (Å²) in [7, 11) is 1.86. The van der Waals surface area contributed by atoms with E-state index in [1.54, 1.807) is 9.82 Å². The van der Waals surface area contributed by atoms with E-state index in [2.05, 4.69) is 5.43 Å². The predicted molar refractivity (Wildman–Crippen MR) is 29.7 cm³/mol. The zero-order valence-electron chi connectivity index (χ0n) is 3.93. The van der Waals surface area contributed by atoms with E-state index in [9.17, 15) is 0 Å². The molecule has 4 heteroatoms. The van der Waals surface area contributed by atoms with Crippen molar-refractivity contribution in [1.29, 1.82) is 0 Å². The van der Waals surface area contributed by atoms with Crippen LogP contribution in [0.3, 0.4) is 0 Å². The van der Waals surface area contributed by atoms with Gasteiger partial charge >= 0.3 is 0 Å². The first-order valence-corrected chi connectivity index (χ1v) is 2.71. The van der Waals surface area contributed by atoms with Crippen LogP contribution < -0.4 is 11.2 Å². The standard InChI is InChI=1S/C3H6N3S/c1-6-5-3(4)2-7-6/h2,4-5H,1H3. The quantitative estimate of drug-likeness (QED) is 0.458. The van der Waals surface area contributed by atoms with Gasteiger partial charge in [-0.3, -0.25) is 11.2 Å². The van der Waals surface area contributed by atoms with Crippen LogP contribution in [-0.4, -0.2) is 11.5 Å². The lowest BCUT2D eigenvalue weighted by Gasteiger charge is -2.04. The second-order valence-electron chi connectivity index (χ2n) is 1.25. The molecule has 0 aliphatic carbocycles. The monoisotopic (exact) mass is 116 g/mol. The topological polar surface area (TPSA) is 39.1 Å². The zero-order valence-corrected chi connectivity index (χ0v) is 4.75. The summed E-state index contributed by atoms with van der Waals surface area (Å²) in [6.45, 7) is 0. The van der Waals surface area contributed by atoms with Crippen molar-refractivity contribution in [1.82, 2.24) is 15.6 Å². The normalized spacial score (nSPS) is 21.6. The summed E-state index contributed by atoms with van der Waals surface area (Å²) < 4.78 is 1.77. The van der Waals surface area contributed by atoms with Gasteiger partial charge in [-0.2, -0.15) is 4.41 Å². The van der Waals surface area contributed by atoms with Crippen LogP contribution in [0.2, 0.25) is 0 Å². The molecule has 0 saturated heterocycles. The first-order valence-electron chi connectivity index (χ1n) is 1.88. The Kier molecular flexibility index (Phi) is 1.12. The van der Waals surface area contributed by atoms with Crippen molar-refractivity contribution in [3.63, 3.8) is 0 Å². The third-order valence-corrected chi connectivity index (χ3v) is 1.36. The van der Waals surface area contributed by atoms with Crippen LogP contribution in [0, 0.1) is 0 Å². The molecule has 2 N–H and O–H groups in total. The van der Waals surface area contributed by atoms with E-state index < -0.39 is 0 Å². The Morgan fingerprint density at radius 3 is 2.86 bits per heavy atom. The molecule has 0 aromatic carbocycles. The number of nitrogens with zero attached hydrogens (tertiary/aromatic N) is 1. The van der Waals surface area contributed by atoms with Crippen LogP contribution in [0.15, 0.2) is 11.2 Å². The van der Waals surface area contributed by atoms with E-state index in [0.717, 1.165) is 0 Å². The molecule has 0 aromatic heterocycles. The molecule has 1 rings (SSSR count). The molecule has 0 saturated carbocycles. The maximum Gasteiger partial charge on any atom is 0.141 e. The van der Waals surface area contributed by atoms with Gasteiger partial charge in [-0.15, -0.1) is 0 Å². The lowest BCUT2D eigenvalue weighted by Crippen LogP contribution is -2.22. The molecule has 1 aliphatic heterocycles. The fourth-order valence-corrected chi connectivity index (χ4v) is 0.821. The molecule has 0 amide bonds. The Bertz CT molecular complexity index is 100. The second kappa shape index (κ2) is 1.63. The summed E-state index contributed by atoms with van der Waals surface area (Å²) in [5, 5.41) is 1.74. The summed E-state index contributed by atoms with van der Waals surface area (Å²) in [6.07, 6.45) is 0. The van der Waals surface area contributed by atoms with E-state index in [1.165, 1.54) is 11.9 Å². The Morgan fingerprint density at radius 2 is 2.71 bits per heavy atom. The SMILES string of the molecule is CN1NC([NH])=CS1. The molecular formula is C3H6N3S. The molecule has 1 radical (unpaired) electrons. The van der Waals surface area contributed by atoms with E-state index in [4.69, 9.17) is 5.73 Å². The first kappa shape index (κ1) is 4.80. The van der Waals surface area contributed by atoms with Crippen molar-refractivity contribution in [2.24, 2.45) is 0 Å². The van der Waals surface area contributed by atoms with Crippen LogP contribution in [0.4, 0.5) is 0 Å². The van der Waals surface area contributed by atoms with Crippen LogP contribution in [-0.2, 0) is 0 Å². The van der Waals surface area contributed by atoms with Gasteiger partial charge in [0.25, 0.3) is 0 Å². The van der Waals surface area contributed by atoms with Crippen LogP contribution in [0.1, 0.15) is 0 Å². The minimum Gasteiger partial charge on any atom is -0.293 e. The molecule has 0 bridgehead atoms. The van der Waals surface area contributed by atoms with Gasteiger partial charge in [0.05, 0.1) is 0 Å². The molecule has 3 nitrogen and oxygen atoms in total. The van der Waals surface area contributed by atoms with E-state index in [1.807, 2.05) is 7.05 Å². The molecule has 0 aromatic rings. The highest BCUT2D eigenvalue weighted by atomic mass is 32.2. The highest BCUT2D eigenvalue weighted by molar-refractivity contribution is 8.00. The average molecular weight is 116 g/mol. The molecule has 0 unspecified atom stereocenters. The molecule has 1 aliphatic rings. The van der Waals surface area contributed by atoms with Crippen LogP contribution in [0.25, 0.3) is 0 Å². The Hall–Kier alpha value is -0.350. The number of hydrogen-bond acceptors (Lipinski definition) is 3. The highest BCUT2D eigenvalue weighted by Crippen LogP contribution is 2.13.